The first-order chi connectivity index (χ1) is 7.84. The number of rotatable bonds is 2. The molecule has 1 aromatic heterocycles. The second kappa shape index (κ2) is 3.67. The van der Waals surface area contributed by atoms with Crippen LogP contribution in [-0.4, -0.2) is 16.1 Å². The molecule has 0 unspecified atom stereocenters. The van der Waals surface area contributed by atoms with E-state index in [0.29, 0.717) is 0 Å². The van der Waals surface area contributed by atoms with Gasteiger partial charge in [-0.3, -0.25) is 0 Å². The van der Waals surface area contributed by atoms with Gasteiger partial charge >= 0.3 is 0 Å². The van der Waals surface area contributed by atoms with Gasteiger partial charge in [0.2, 0.25) is 0 Å². The predicted octanol–water partition coefficient (Wildman–Crippen LogP) is 2.21. The van der Waals surface area contributed by atoms with Crippen molar-refractivity contribution < 1.29 is 0 Å². The SMILES string of the molecule is Cc1nc2c(n1Cc1ccccc1)CCN2. The zero-order valence-corrected chi connectivity index (χ0v) is 9.40. The van der Waals surface area contributed by atoms with E-state index in [2.05, 4.69) is 52.1 Å². The van der Waals surface area contributed by atoms with Gasteiger partial charge in [0.25, 0.3) is 0 Å². The molecule has 3 nitrogen and oxygen atoms in total. The summed E-state index contributed by atoms with van der Waals surface area (Å²) in [5.74, 6) is 2.18. The average molecular weight is 213 g/mol. The number of hydrogen-bond donors (Lipinski definition) is 1. The quantitative estimate of drug-likeness (QED) is 0.829. The Morgan fingerprint density at radius 3 is 2.94 bits per heavy atom. The number of aryl methyl sites for hydroxylation is 1. The minimum atomic E-state index is 0.927. The number of benzene rings is 1. The fourth-order valence-electron chi connectivity index (χ4n) is 2.28. The number of hydrogen-bond acceptors (Lipinski definition) is 2. The van der Waals surface area contributed by atoms with Crippen molar-refractivity contribution in [3.8, 4) is 0 Å². The summed E-state index contributed by atoms with van der Waals surface area (Å²) >= 11 is 0. The van der Waals surface area contributed by atoms with Crippen molar-refractivity contribution in [2.45, 2.75) is 19.9 Å². The van der Waals surface area contributed by atoms with E-state index in [-0.39, 0.29) is 0 Å². The Bertz CT molecular complexity index is 499. The predicted molar refractivity (Wildman–Crippen MR) is 64.7 cm³/mol. The molecule has 2 aromatic rings. The summed E-state index contributed by atoms with van der Waals surface area (Å²) in [6.45, 7) is 4.02. The van der Waals surface area contributed by atoms with Crippen LogP contribution in [0.2, 0.25) is 0 Å². The zero-order valence-electron chi connectivity index (χ0n) is 9.40. The highest BCUT2D eigenvalue weighted by Gasteiger charge is 2.18. The molecule has 16 heavy (non-hydrogen) atoms. The molecule has 1 N–H and O–H groups in total. The highest BCUT2D eigenvalue weighted by atomic mass is 15.2. The van der Waals surface area contributed by atoms with E-state index < -0.39 is 0 Å². The molecule has 0 fully saturated rings. The number of nitrogens with one attached hydrogen (secondary N) is 1. The van der Waals surface area contributed by atoms with Crippen LogP contribution in [0.3, 0.4) is 0 Å². The zero-order chi connectivity index (χ0) is 11.0. The van der Waals surface area contributed by atoms with Crippen molar-refractivity contribution in [3.63, 3.8) is 0 Å². The molecular weight excluding hydrogens is 198 g/mol. The fraction of sp³-hybridized carbons (Fsp3) is 0.308. The van der Waals surface area contributed by atoms with Crippen molar-refractivity contribution in [1.29, 1.82) is 0 Å². The lowest BCUT2D eigenvalue weighted by Gasteiger charge is -2.08. The molecule has 1 aromatic carbocycles. The molecule has 82 valence electrons. The lowest BCUT2D eigenvalue weighted by atomic mass is 10.2. The van der Waals surface area contributed by atoms with Crippen LogP contribution in [-0.2, 0) is 13.0 Å². The van der Waals surface area contributed by atoms with Crippen molar-refractivity contribution in [1.82, 2.24) is 9.55 Å². The van der Waals surface area contributed by atoms with Crippen molar-refractivity contribution >= 4 is 5.82 Å². The maximum Gasteiger partial charge on any atom is 0.147 e. The van der Waals surface area contributed by atoms with Crippen LogP contribution >= 0.6 is 0 Å². The van der Waals surface area contributed by atoms with Crippen LogP contribution in [0.5, 0.6) is 0 Å². The third-order valence-electron chi connectivity index (χ3n) is 3.10. The number of nitrogens with zero attached hydrogens (tertiary/aromatic N) is 2. The summed E-state index contributed by atoms with van der Waals surface area (Å²) in [4.78, 5) is 4.54. The minimum Gasteiger partial charge on any atom is -0.368 e. The summed E-state index contributed by atoms with van der Waals surface area (Å²) in [6, 6.07) is 10.5. The topological polar surface area (TPSA) is 29.9 Å². The molecule has 0 atom stereocenters. The molecule has 3 rings (SSSR count). The molecule has 0 saturated carbocycles. The van der Waals surface area contributed by atoms with E-state index in [1.165, 1.54) is 11.3 Å². The Labute approximate surface area is 95.1 Å². The van der Waals surface area contributed by atoms with E-state index >= 15 is 0 Å². The van der Waals surface area contributed by atoms with Gasteiger partial charge in [-0.05, 0) is 12.5 Å². The van der Waals surface area contributed by atoms with Gasteiger partial charge in [0.1, 0.15) is 11.6 Å². The maximum atomic E-state index is 4.54. The second-order valence-corrected chi connectivity index (χ2v) is 4.20. The number of anilines is 1. The lowest BCUT2D eigenvalue weighted by Crippen LogP contribution is -2.06. The highest BCUT2D eigenvalue weighted by Crippen LogP contribution is 2.23. The first-order valence-electron chi connectivity index (χ1n) is 5.68. The Morgan fingerprint density at radius 1 is 1.31 bits per heavy atom. The van der Waals surface area contributed by atoms with E-state index in [4.69, 9.17) is 0 Å². The van der Waals surface area contributed by atoms with Crippen molar-refractivity contribution in [2.24, 2.45) is 0 Å². The van der Waals surface area contributed by atoms with Gasteiger partial charge in [-0.1, -0.05) is 30.3 Å². The van der Waals surface area contributed by atoms with Crippen LogP contribution in [0, 0.1) is 6.92 Å². The van der Waals surface area contributed by atoms with Crippen LogP contribution in [0.25, 0.3) is 0 Å². The molecule has 0 saturated heterocycles. The average Bonchev–Trinajstić information content (AvgIpc) is 2.84. The molecule has 0 bridgehead atoms. The molecule has 0 spiro atoms. The Hall–Kier alpha value is -1.77. The van der Waals surface area contributed by atoms with E-state index in [1.54, 1.807) is 0 Å². The largest absolute Gasteiger partial charge is 0.368 e. The number of imidazole rings is 1. The van der Waals surface area contributed by atoms with Crippen LogP contribution in [0.1, 0.15) is 17.1 Å². The van der Waals surface area contributed by atoms with E-state index in [9.17, 15) is 0 Å². The molecule has 2 heterocycles. The third-order valence-corrected chi connectivity index (χ3v) is 3.10. The molecule has 0 aliphatic carbocycles. The van der Waals surface area contributed by atoms with E-state index in [0.717, 1.165) is 31.2 Å². The first-order valence-corrected chi connectivity index (χ1v) is 5.68. The van der Waals surface area contributed by atoms with Crippen molar-refractivity contribution in [2.75, 3.05) is 11.9 Å². The first kappa shape index (κ1) is 9.46. The third kappa shape index (κ3) is 1.48. The summed E-state index contributed by atoms with van der Waals surface area (Å²) in [6.07, 6.45) is 1.09. The van der Waals surface area contributed by atoms with E-state index in [1.807, 2.05) is 0 Å². The van der Waals surface area contributed by atoms with Crippen molar-refractivity contribution in [3.05, 3.63) is 47.4 Å². The Morgan fingerprint density at radius 2 is 2.12 bits per heavy atom. The van der Waals surface area contributed by atoms with Gasteiger partial charge in [0.15, 0.2) is 0 Å². The van der Waals surface area contributed by atoms with Gasteiger partial charge in [0.05, 0.1) is 5.69 Å². The minimum absolute atomic E-state index is 0.927. The van der Waals surface area contributed by atoms with Gasteiger partial charge in [-0.15, -0.1) is 0 Å². The molecule has 3 heteroatoms. The molecule has 0 radical (unpaired) electrons. The number of aromatic nitrogens is 2. The standard InChI is InChI=1S/C13H15N3/c1-10-15-13-12(7-8-14-13)16(10)9-11-5-3-2-4-6-11/h2-6,14H,7-9H2,1H3. The van der Waals surface area contributed by atoms with Gasteiger partial charge in [-0.2, -0.15) is 0 Å². The maximum absolute atomic E-state index is 4.54. The van der Waals surface area contributed by atoms with Gasteiger partial charge in [0, 0.05) is 19.5 Å². The van der Waals surface area contributed by atoms with Gasteiger partial charge in [-0.25, -0.2) is 4.98 Å². The second-order valence-electron chi connectivity index (χ2n) is 4.20. The molecule has 0 amide bonds. The fourth-order valence-corrected chi connectivity index (χ4v) is 2.28. The normalized spacial score (nSPS) is 13.6. The van der Waals surface area contributed by atoms with Crippen LogP contribution in [0.15, 0.2) is 30.3 Å². The molecule has 1 aliphatic heterocycles. The molecular formula is C13H15N3. The Balaban J connectivity index is 1.96. The lowest BCUT2D eigenvalue weighted by molar-refractivity contribution is 0.719. The monoisotopic (exact) mass is 213 g/mol. The van der Waals surface area contributed by atoms with Crippen LogP contribution in [0.4, 0.5) is 5.82 Å². The summed E-state index contributed by atoms with van der Waals surface area (Å²) in [5, 5.41) is 3.32. The van der Waals surface area contributed by atoms with Crippen LogP contribution < -0.4 is 5.32 Å². The highest BCUT2D eigenvalue weighted by molar-refractivity contribution is 5.47. The summed E-state index contributed by atoms with van der Waals surface area (Å²) < 4.78 is 2.31. The smallest absolute Gasteiger partial charge is 0.147 e. The molecule has 1 aliphatic rings. The number of fused-ring (bicyclic) bond motifs is 1. The Kier molecular flexibility index (Phi) is 2.17. The summed E-state index contributed by atoms with van der Waals surface area (Å²) in [5.41, 5.74) is 2.68. The summed E-state index contributed by atoms with van der Waals surface area (Å²) in [7, 11) is 0. The van der Waals surface area contributed by atoms with Gasteiger partial charge < -0.3 is 9.88 Å².